The molecular weight excluding hydrogens is 300 g/mol. The molecule has 0 saturated heterocycles. The summed E-state index contributed by atoms with van der Waals surface area (Å²) < 4.78 is 27.7. The molecular formula is C16H18N2O3S. The molecule has 0 fully saturated rings. The molecule has 0 heterocycles. The van der Waals surface area contributed by atoms with Gasteiger partial charge in [-0.25, -0.2) is 8.42 Å². The van der Waals surface area contributed by atoms with E-state index >= 15 is 0 Å². The number of anilines is 1. The van der Waals surface area contributed by atoms with Gasteiger partial charge in [0.1, 0.15) is 0 Å². The number of sulfonamides is 1. The lowest BCUT2D eigenvalue weighted by molar-refractivity contribution is 0.100. The zero-order chi connectivity index (χ0) is 16.5. The number of hydrogen-bond acceptors (Lipinski definition) is 3. The van der Waals surface area contributed by atoms with Crippen molar-refractivity contribution >= 4 is 21.6 Å². The van der Waals surface area contributed by atoms with Crippen molar-refractivity contribution in [1.82, 2.24) is 0 Å². The number of carbonyl (C=O) groups excluding carboxylic acids is 1. The molecule has 5 nitrogen and oxygen atoms in total. The van der Waals surface area contributed by atoms with Crippen molar-refractivity contribution in [2.24, 2.45) is 5.73 Å². The topological polar surface area (TPSA) is 89.3 Å². The maximum absolute atomic E-state index is 12.6. The Balaban J connectivity index is 2.52. The maximum atomic E-state index is 12.6. The average molecular weight is 318 g/mol. The Kier molecular flexibility index (Phi) is 4.23. The number of rotatable bonds is 4. The van der Waals surface area contributed by atoms with E-state index in [-0.39, 0.29) is 16.1 Å². The summed E-state index contributed by atoms with van der Waals surface area (Å²) in [7, 11) is -3.80. The van der Waals surface area contributed by atoms with Crippen LogP contribution in [0.1, 0.15) is 27.0 Å². The molecule has 0 radical (unpaired) electrons. The normalized spacial score (nSPS) is 11.2. The maximum Gasteiger partial charge on any atom is 0.262 e. The van der Waals surface area contributed by atoms with Gasteiger partial charge in [-0.15, -0.1) is 0 Å². The molecule has 116 valence electrons. The van der Waals surface area contributed by atoms with Crippen molar-refractivity contribution in [3.8, 4) is 0 Å². The first-order valence-corrected chi connectivity index (χ1v) is 8.20. The Bertz CT molecular complexity index is 842. The number of nitrogens with two attached hydrogens (primary N) is 1. The first-order valence-electron chi connectivity index (χ1n) is 6.72. The first kappa shape index (κ1) is 16.0. The second-order valence-electron chi connectivity index (χ2n) is 5.24. The number of para-hydroxylation sites is 1. The van der Waals surface area contributed by atoms with E-state index < -0.39 is 15.9 Å². The van der Waals surface area contributed by atoms with Crippen LogP contribution in [0.4, 0.5) is 5.69 Å². The largest absolute Gasteiger partial charge is 0.366 e. The smallest absolute Gasteiger partial charge is 0.262 e. The van der Waals surface area contributed by atoms with Gasteiger partial charge in [-0.3, -0.25) is 9.52 Å². The summed E-state index contributed by atoms with van der Waals surface area (Å²) in [6, 6.07) is 9.94. The van der Waals surface area contributed by atoms with Crippen LogP contribution < -0.4 is 10.5 Å². The molecule has 0 atom stereocenters. The van der Waals surface area contributed by atoms with Gasteiger partial charge < -0.3 is 5.73 Å². The van der Waals surface area contributed by atoms with Crippen LogP contribution in [-0.2, 0) is 10.0 Å². The Hall–Kier alpha value is -2.34. The first-order chi connectivity index (χ1) is 10.2. The minimum absolute atomic E-state index is 0.147. The number of carbonyl (C=O) groups is 1. The van der Waals surface area contributed by atoms with Crippen LogP contribution in [0.15, 0.2) is 41.3 Å². The van der Waals surface area contributed by atoms with Crippen LogP contribution in [0, 0.1) is 20.8 Å². The van der Waals surface area contributed by atoms with Gasteiger partial charge in [0, 0.05) is 0 Å². The van der Waals surface area contributed by atoms with Crippen molar-refractivity contribution in [3.63, 3.8) is 0 Å². The number of primary amides is 1. The number of benzene rings is 2. The van der Waals surface area contributed by atoms with E-state index in [1.807, 2.05) is 6.92 Å². The molecule has 0 saturated carbocycles. The summed E-state index contributed by atoms with van der Waals surface area (Å²) in [5.41, 5.74) is 7.93. The minimum atomic E-state index is -3.80. The van der Waals surface area contributed by atoms with E-state index in [1.54, 1.807) is 44.2 Å². The van der Waals surface area contributed by atoms with Gasteiger partial charge in [-0.05, 0) is 44.0 Å². The van der Waals surface area contributed by atoms with Gasteiger partial charge in [-0.1, -0.05) is 29.8 Å². The minimum Gasteiger partial charge on any atom is -0.366 e. The molecule has 0 aromatic heterocycles. The van der Waals surface area contributed by atoms with Crippen LogP contribution in [0.3, 0.4) is 0 Å². The predicted octanol–water partition coefficient (Wildman–Crippen LogP) is 2.51. The van der Waals surface area contributed by atoms with Crippen molar-refractivity contribution in [1.29, 1.82) is 0 Å². The van der Waals surface area contributed by atoms with Gasteiger partial charge in [0.2, 0.25) is 0 Å². The highest BCUT2D eigenvalue weighted by molar-refractivity contribution is 7.92. The summed E-state index contributed by atoms with van der Waals surface area (Å²) in [5.74, 6) is -0.679. The highest BCUT2D eigenvalue weighted by Crippen LogP contribution is 2.25. The highest BCUT2D eigenvalue weighted by Gasteiger charge is 2.20. The molecule has 22 heavy (non-hydrogen) atoms. The zero-order valence-corrected chi connectivity index (χ0v) is 13.5. The molecule has 6 heteroatoms. The number of hydrogen-bond donors (Lipinski definition) is 2. The summed E-state index contributed by atoms with van der Waals surface area (Å²) in [6.45, 7) is 5.34. The van der Waals surface area contributed by atoms with Crippen LogP contribution in [0.5, 0.6) is 0 Å². The molecule has 0 aliphatic heterocycles. The fourth-order valence-electron chi connectivity index (χ4n) is 2.30. The number of amides is 1. The molecule has 0 aliphatic carbocycles. The van der Waals surface area contributed by atoms with E-state index in [1.165, 1.54) is 6.07 Å². The lowest BCUT2D eigenvalue weighted by atomic mass is 10.1. The van der Waals surface area contributed by atoms with E-state index in [4.69, 9.17) is 5.73 Å². The molecule has 1 amide bonds. The summed E-state index contributed by atoms with van der Waals surface area (Å²) in [6.07, 6.45) is 0. The second kappa shape index (κ2) is 5.81. The SMILES string of the molecule is Cc1ccc(S(=O)(=O)Nc2c(C)cccc2C(N)=O)c(C)c1. The zero-order valence-electron chi connectivity index (χ0n) is 12.7. The lowest BCUT2D eigenvalue weighted by Crippen LogP contribution is -2.20. The van der Waals surface area contributed by atoms with Crippen LogP contribution >= 0.6 is 0 Å². The molecule has 2 aromatic rings. The molecule has 0 bridgehead atoms. The van der Waals surface area contributed by atoms with Gasteiger partial charge in [0.25, 0.3) is 15.9 Å². The van der Waals surface area contributed by atoms with Crippen LogP contribution in [0.25, 0.3) is 0 Å². The third kappa shape index (κ3) is 3.12. The number of nitrogens with one attached hydrogen (secondary N) is 1. The van der Waals surface area contributed by atoms with Crippen molar-refractivity contribution < 1.29 is 13.2 Å². The molecule has 2 aromatic carbocycles. The highest BCUT2D eigenvalue weighted by atomic mass is 32.2. The average Bonchev–Trinajstić information content (AvgIpc) is 2.40. The van der Waals surface area contributed by atoms with Crippen molar-refractivity contribution in [2.45, 2.75) is 25.7 Å². The third-order valence-electron chi connectivity index (χ3n) is 3.39. The van der Waals surface area contributed by atoms with Crippen LogP contribution in [-0.4, -0.2) is 14.3 Å². The molecule has 3 N–H and O–H groups in total. The summed E-state index contributed by atoms with van der Waals surface area (Å²) >= 11 is 0. The van der Waals surface area contributed by atoms with Crippen molar-refractivity contribution in [3.05, 3.63) is 58.7 Å². The van der Waals surface area contributed by atoms with Gasteiger partial charge in [0.15, 0.2) is 0 Å². The number of aryl methyl sites for hydroxylation is 3. The van der Waals surface area contributed by atoms with E-state index in [0.29, 0.717) is 11.1 Å². The Morgan fingerprint density at radius 2 is 1.73 bits per heavy atom. The lowest BCUT2D eigenvalue weighted by Gasteiger charge is -2.15. The summed E-state index contributed by atoms with van der Waals surface area (Å²) in [5, 5.41) is 0. The van der Waals surface area contributed by atoms with Gasteiger partial charge in [-0.2, -0.15) is 0 Å². The predicted molar refractivity (Wildman–Crippen MR) is 86.4 cm³/mol. The Morgan fingerprint density at radius 3 is 2.32 bits per heavy atom. The summed E-state index contributed by atoms with van der Waals surface area (Å²) in [4.78, 5) is 11.7. The molecule has 2 rings (SSSR count). The monoisotopic (exact) mass is 318 g/mol. The fourth-order valence-corrected chi connectivity index (χ4v) is 3.68. The van der Waals surface area contributed by atoms with Gasteiger partial charge in [0.05, 0.1) is 16.1 Å². The molecule has 0 spiro atoms. The fraction of sp³-hybridized carbons (Fsp3) is 0.188. The second-order valence-corrected chi connectivity index (χ2v) is 6.89. The molecule has 0 unspecified atom stereocenters. The van der Waals surface area contributed by atoms with Crippen LogP contribution in [0.2, 0.25) is 0 Å². The van der Waals surface area contributed by atoms with E-state index in [0.717, 1.165) is 5.56 Å². The Morgan fingerprint density at radius 1 is 1.05 bits per heavy atom. The quantitative estimate of drug-likeness (QED) is 0.907. The third-order valence-corrected chi connectivity index (χ3v) is 4.90. The Labute approximate surface area is 130 Å². The van der Waals surface area contributed by atoms with E-state index in [9.17, 15) is 13.2 Å². The van der Waals surface area contributed by atoms with E-state index in [2.05, 4.69) is 4.72 Å². The van der Waals surface area contributed by atoms with Gasteiger partial charge >= 0.3 is 0 Å². The standard InChI is InChI=1S/C16H18N2O3S/c1-10-7-8-14(12(3)9-10)22(20,21)18-15-11(2)5-4-6-13(15)16(17)19/h4-9,18H,1-3H3,(H2,17,19). The van der Waals surface area contributed by atoms with Crippen molar-refractivity contribution in [2.75, 3.05) is 4.72 Å². The molecule has 0 aliphatic rings.